The molecule has 0 saturated carbocycles. The number of nitrogens with zero attached hydrogens (tertiary/aromatic N) is 4. The molecule has 2 aromatic rings. The molecular formula is C17H18FN5O2S. The molecule has 0 atom stereocenters. The van der Waals surface area contributed by atoms with Crippen molar-refractivity contribution < 1.29 is 14.0 Å². The van der Waals surface area contributed by atoms with E-state index >= 15 is 0 Å². The lowest BCUT2D eigenvalue weighted by atomic mass is 10.2. The van der Waals surface area contributed by atoms with E-state index in [1.165, 1.54) is 29.5 Å². The molecule has 7 nitrogen and oxygen atoms in total. The third-order valence-electron chi connectivity index (χ3n) is 3.92. The van der Waals surface area contributed by atoms with Crippen LogP contribution in [0, 0.1) is 5.82 Å². The van der Waals surface area contributed by atoms with Crippen LogP contribution in [0.3, 0.4) is 0 Å². The van der Waals surface area contributed by atoms with Crippen molar-refractivity contribution in [3.8, 4) is 0 Å². The Morgan fingerprint density at radius 2 is 2.08 bits per heavy atom. The molecule has 2 amide bonds. The number of hydrogen-bond donors (Lipinski definition) is 1. The molecule has 2 heterocycles. The number of carbonyl (C=O) groups excluding carboxylic acids is 2. The van der Waals surface area contributed by atoms with Crippen molar-refractivity contribution in [3.63, 3.8) is 0 Å². The lowest BCUT2D eigenvalue weighted by Crippen LogP contribution is -2.50. The fourth-order valence-corrected chi connectivity index (χ4v) is 3.06. The summed E-state index contributed by atoms with van der Waals surface area (Å²) < 4.78 is 13.1. The third kappa shape index (κ3) is 5.17. The Morgan fingerprint density at radius 3 is 2.77 bits per heavy atom. The van der Waals surface area contributed by atoms with Crippen molar-refractivity contribution in [1.29, 1.82) is 0 Å². The van der Waals surface area contributed by atoms with Crippen molar-refractivity contribution in [2.24, 2.45) is 0 Å². The minimum absolute atomic E-state index is 0.118. The van der Waals surface area contributed by atoms with Gasteiger partial charge in [0.25, 0.3) is 0 Å². The minimum Gasteiger partial charge on any atom is -0.337 e. The Hall–Kier alpha value is -2.65. The van der Waals surface area contributed by atoms with Crippen molar-refractivity contribution in [2.45, 2.75) is 0 Å². The summed E-state index contributed by atoms with van der Waals surface area (Å²) in [4.78, 5) is 27.9. The van der Waals surface area contributed by atoms with Crippen LogP contribution in [0.5, 0.6) is 0 Å². The second kappa shape index (κ2) is 8.63. The fourth-order valence-electron chi connectivity index (χ4n) is 2.60. The molecule has 26 heavy (non-hydrogen) atoms. The van der Waals surface area contributed by atoms with E-state index in [-0.39, 0.29) is 24.2 Å². The summed E-state index contributed by atoms with van der Waals surface area (Å²) in [5.74, 6) is -0.597. The number of benzene rings is 1. The number of nitrogens with one attached hydrogen (secondary N) is 1. The van der Waals surface area contributed by atoms with E-state index in [9.17, 15) is 14.0 Å². The predicted octanol–water partition coefficient (Wildman–Crippen LogP) is 1.47. The molecule has 1 aromatic heterocycles. The van der Waals surface area contributed by atoms with Gasteiger partial charge in [0.2, 0.25) is 16.9 Å². The topological polar surface area (TPSA) is 78.4 Å². The highest BCUT2D eigenvalue weighted by Crippen LogP contribution is 2.09. The highest BCUT2D eigenvalue weighted by atomic mass is 32.1. The van der Waals surface area contributed by atoms with Gasteiger partial charge in [-0.15, -0.1) is 10.2 Å². The first-order valence-corrected chi connectivity index (χ1v) is 8.99. The van der Waals surface area contributed by atoms with Crippen molar-refractivity contribution in [3.05, 3.63) is 47.2 Å². The van der Waals surface area contributed by atoms with Crippen molar-refractivity contribution in [1.82, 2.24) is 20.0 Å². The zero-order valence-electron chi connectivity index (χ0n) is 14.0. The van der Waals surface area contributed by atoms with E-state index in [2.05, 4.69) is 15.5 Å². The average Bonchev–Trinajstić information content (AvgIpc) is 3.13. The lowest BCUT2D eigenvalue weighted by Gasteiger charge is -2.33. The van der Waals surface area contributed by atoms with Gasteiger partial charge in [-0.05, 0) is 23.8 Å². The van der Waals surface area contributed by atoms with Crippen LogP contribution in [-0.2, 0) is 9.59 Å². The quantitative estimate of drug-likeness (QED) is 0.801. The van der Waals surface area contributed by atoms with E-state index in [0.29, 0.717) is 36.9 Å². The van der Waals surface area contributed by atoms with E-state index in [1.54, 1.807) is 28.6 Å². The molecule has 9 heteroatoms. The third-order valence-corrected chi connectivity index (χ3v) is 4.53. The highest BCUT2D eigenvalue weighted by molar-refractivity contribution is 7.13. The van der Waals surface area contributed by atoms with Crippen LogP contribution in [0.25, 0.3) is 6.08 Å². The summed E-state index contributed by atoms with van der Waals surface area (Å²) in [6.07, 6.45) is 3.06. The number of amides is 2. The van der Waals surface area contributed by atoms with Crippen LogP contribution in [0.1, 0.15) is 5.56 Å². The van der Waals surface area contributed by atoms with Gasteiger partial charge in [-0.3, -0.25) is 19.8 Å². The Bertz CT molecular complexity index is 788. The molecule has 136 valence electrons. The minimum atomic E-state index is -0.333. The number of carbonyl (C=O) groups is 2. The normalized spacial score (nSPS) is 15.3. The monoisotopic (exact) mass is 375 g/mol. The Kier molecular flexibility index (Phi) is 6.03. The lowest BCUT2D eigenvalue weighted by molar-refractivity contribution is -0.127. The molecule has 1 aromatic carbocycles. The van der Waals surface area contributed by atoms with Crippen LogP contribution in [0.15, 0.2) is 35.9 Å². The van der Waals surface area contributed by atoms with Crippen molar-refractivity contribution in [2.75, 3.05) is 38.0 Å². The van der Waals surface area contributed by atoms with Gasteiger partial charge in [-0.2, -0.15) is 0 Å². The number of hydrogen-bond acceptors (Lipinski definition) is 6. The van der Waals surface area contributed by atoms with Crippen LogP contribution >= 0.6 is 11.3 Å². The molecule has 3 rings (SSSR count). The molecule has 0 spiro atoms. The molecule has 0 radical (unpaired) electrons. The van der Waals surface area contributed by atoms with Crippen LogP contribution < -0.4 is 5.32 Å². The molecule has 1 saturated heterocycles. The molecule has 1 fully saturated rings. The standard InChI is InChI=1S/C17H18FN5O2S/c18-14-3-1-2-13(10-14)4-5-16(25)23-8-6-22(7-9-23)11-15(24)20-17-21-19-12-26-17/h1-5,10,12H,6-9,11H2,(H,20,21,24). The van der Waals surface area contributed by atoms with Crippen LogP contribution in [-0.4, -0.2) is 64.5 Å². The molecule has 1 aliphatic rings. The van der Waals surface area contributed by atoms with Gasteiger partial charge >= 0.3 is 0 Å². The molecule has 0 bridgehead atoms. The predicted molar refractivity (Wildman–Crippen MR) is 97.0 cm³/mol. The van der Waals surface area contributed by atoms with Crippen LogP contribution in [0.4, 0.5) is 9.52 Å². The number of anilines is 1. The maximum absolute atomic E-state index is 13.1. The summed E-state index contributed by atoms with van der Waals surface area (Å²) in [7, 11) is 0. The van der Waals surface area contributed by atoms with Gasteiger partial charge < -0.3 is 4.90 Å². The van der Waals surface area contributed by atoms with Gasteiger partial charge in [0.1, 0.15) is 11.3 Å². The maximum atomic E-state index is 13.1. The van der Waals surface area contributed by atoms with Gasteiger partial charge in [-0.1, -0.05) is 23.5 Å². The zero-order valence-corrected chi connectivity index (χ0v) is 14.8. The first-order valence-electron chi connectivity index (χ1n) is 8.11. The number of rotatable bonds is 5. The second-order valence-electron chi connectivity index (χ2n) is 5.78. The summed E-state index contributed by atoms with van der Waals surface area (Å²) in [5, 5.41) is 10.6. The Morgan fingerprint density at radius 1 is 1.27 bits per heavy atom. The molecule has 1 aliphatic heterocycles. The van der Waals surface area contributed by atoms with E-state index < -0.39 is 0 Å². The van der Waals surface area contributed by atoms with E-state index in [4.69, 9.17) is 0 Å². The molecule has 0 unspecified atom stereocenters. The van der Waals surface area contributed by atoms with Gasteiger partial charge in [0.15, 0.2) is 0 Å². The van der Waals surface area contributed by atoms with Gasteiger partial charge in [0.05, 0.1) is 6.54 Å². The average molecular weight is 375 g/mol. The van der Waals surface area contributed by atoms with Crippen LogP contribution in [0.2, 0.25) is 0 Å². The Balaban J connectivity index is 1.44. The van der Waals surface area contributed by atoms with Gasteiger partial charge in [-0.25, -0.2) is 4.39 Å². The summed E-state index contributed by atoms with van der Waals surface area (Å²) in [6, 6.07) is 6.07. The summed E-state index contributed by atoms with van der Waals surface area (Å²) >= 11 is 1.27. The summed E-state index contributed by atoms with van der Waals surface area (Å²) in [6.45, 7) is 2.56. The highest BCUT2D eigenvalue weighted by Gasteiger charge is 2.21. The Labute approximate surface area is 154 Å². The first-order chi connectivity index (χ1) is 12.6. The smallest absolute Gasteiger partial charge is 0.246 e. The number of piperazine rings is 1. The SMILES string of the molecule is O=C(CN1CCN(C(=O)C=Cc2cccc(F)c2)CC1)Nc1nncs1. The first kappa shape index (κ1) is 18.2. The molecule has 0 aliphatic carbocycles. The largest absolute Gasteiger partial charge is 0.337 e. The van der Waals surface area contributed by atoms with E-state index in [0.717, 1.165) is 0 Å². The zero-order chi connectivity index (χ0) is 18.4. The number of aromatic nitrogens is 2. The number of halogens is 1. The summed E-state index contributed by atoms with van der Waals surface area (Å²) in [5.41, 5.74) is 2.20. The van der Waals surface area contributed by atoms with Gasteiger partial charge in [0, 0.05) is 32.3 Å². The fraction of sp³-hybridized carbons (Fsp3) is 0.294. The van der Waals surface area contributed by atoms with E-state index in [1.807, 2.05) is 4.90 Å². The molecular weight excluding hydrogens is 357 g/mol. The molecule has 1 N–H and O–H groups in total. The second-order valence-corrected chi connectivity index (χ2v) is 6.62. The maximum Gasteiger partial charge on any atom is 0.246 e. The van der Waals surface area contributed by atoms with Crippen molar-refractivity contribution >= 4 is 34.4 Å².